The van der Waals surface area contributed by atoms with Crippen molar-refractivity contribution in [2.45, 2.75) is 19.6 Å². The van der Waals surface area contributed by atoms with Crippen LogP contribution in [0, 0.1) is 0 Å². The zero-order chi connectivity index (χ0) is 15.2. The van der Waals surface area contributed by atoms with Gasteiger partial charge in [-0.3, -0.25) is 9.69 Å². The summed E-state index contributed by atoms with van der Waals surface area (Å²) >= 11 is 0. The lowest BCUT2D eigenvalue weighted by Crippen LogP contribution is -2.39. The molecule has 0 radical (unpaired) electrons. The molecule has 0 atom stereocenters. The Morgan fingerprint density at radius 1 is 1.40 bits per heavy atom. The fourth-order valence-electron chi connectivity index (χ4n) is 1.71. The number of hydrogen-bond acceptors (Lipinski definition) is 3. The molecule has 0 aliphatic carbocycles. The third-order valence-corrected chi connectivity index (χ3v) is 2.66. The molecule has 0 bridgehead atoms. The highest BCUT2D eigenvalue weighted by Gasteiger charge is 2.30. The zero-order valence-corrected chi connectivity index (χ0v) is 11.2. The van der Waals surface area contributed by atoms with Crippen LogP contribution in [0.2, 0.25) is 0 Å². The number of rotatable bonds is 6. The Hall–Kier alpha value is -1.60. The first-order valence-corrected chi connectivity index (χ1v) is 6.22. The highest BCUT2D eigenvalue weighted by Crippen LogP contribution is 2.16. The molecule has 1 aromatic carbocycles. The highest BCUT2D eigenvalue weighted by atomic mass is 19.4. The van der Waals surface area contributed by atoms with E-state index in [0.717, 1.165) is 10.5 Å². The maximum Gasteiger partial charge on any atom is 0.401 e. The Bertz CT molecular complexity index is 449. The van der Waals surface area contributed by atoms with Crippen LogP contribution in [0.4, 0.5) is 18.9 Å². The van der Waals surface area contributed by atoms with Gasteiger partial charge in [-0.25, -0.2) is 0 Å². The second-order valence-corrected chi connectivity index (χ2v) is 4.37. The molecule has 20 heavy (non-hydrogen) atoms. The molecule has 1 aromatic rings. The van der Waals surface area contributed by atoms with Crippen LogP contribution in [0.1, 0.15) is 12.5 Å². The van der Waals surface area contributed by atoms with Crippen molar-refractivity contribution in [1.29, 1.82) is 0 Å². The molecule has 0 spiro atoms. The van der Waals surface area contributed by atoms with Crippen LogP contribution in [-0.4, -0.2) is 36.6 Å². The molecule has 0 heterocycles. The normalized spacial score (nSPS) is 11.7. The molecule has 112 valence electrons. The number of amides is 1. The molecule has 4 nitrogen and oxygen atoms in total. The van der Waals surface area contributed by atoms with Crippen LogP contribution in [0.25, 0.3) is 0 Å². The van der Waals surface area contributed by atoms with Crippen LogP contribution in [0.3, 0.4) is 0 Å². The Labute approximate surface area is 115 Å². The van der Waals surface area contributed by atoms with Gasteiger partial charge in [-0.05, 0) is 24.2 Å². The Kier molecular flexibility index (Phi) is 5.97. The Morgan fingerprint density at radius 2 is 2.10 bits per heavy atom. The topological polar surface area (TPSA) is 58.4 Å². The monoisotopic (exact) mass is 289 g/mol. The van der Waals surface area contributed by atoms with Crippen molar-refractivity contribution in [2.75, 3.05) is 25.0 Å². The quantitative estimate of drug-likeness (QED) is 0.841. The van der Waals surface area contributed by atoms with E-state index in [1.807, 2.05) is 0 Å². The van der Waals surface area contributed by atoms with Crippen LogP contribution < -0.4 is 11.1 Å². The van der Waals surface area contributed by atoms with Crippen molar-refractivity contribution in [1.82, 2.24) is 4.90 Å². The standard InChI is InChI=1S/C13H18F3N3O/c1-2-19(9-13(14,15)16)8-12(20)18-11-5-3-4-10(6-11)7-17/h3-6H,2,7-9,17H2,1H3,(H,18,20). The van der Waals surface area contributed by atoms with Crippen molar-refractivity contribution < 1.29 is 18.0 Å². The third kappa shape index (κ3) is 6.03. The van der Waals surface area contributed by atoms with E-state index >= 15 is 0 Å². The summed E-state index contributed by atoms with van der Waals surface area (Å²) in [6.45, 7) is 0.658. The minimum Gasteiger partial charge on any atom is -0.326 e. The summed E-state index contributed by atoms with van der Waals surface area (Å²) in [5.74, 6) is -0.481. The van der Waals surface area contributed by atoms with E-state index in [4.69, 9.17) is 5.73 Å². The number of likely N-dealkylation sites (N-methyl/N-ethyl adjacent to an activating group) is 1. The van der Waals surface area contributed by atoms with Crippen molar-refractivity contribution in [3.05, 3.63) is 29.8 Å². The second kappa shape index (κ2) is 7.25. The summed E-state index contributed by atoms with van der Waals surface area (Å²) in [7, 11) is 0. The molecule has 0 aliphatic heterocycles. The van der Waals surface area contributed by atoms with E-state index in [2.05, 4.69) is 5.32 Å². The van der Waals surface area contributed by atoms with Gasteiger partial charge in [0, 0.05) is 12.2 Å². The summed E-state index contributed by atoms with van der Waals surface area (Å²) in [5, 5.41) is 2.56. The summed E-state index contributed by atoms with van der Waals surface area (Å²) in [6.07, 6.45) is -4.31. The van der Waals surface area contributed by atoms with Gasteiger partial charge >= 0.3 is 6.18 Å². The van der Waals surface area contributed by atoms with Gasteiger partial charge in [-0.2, -0.15) is 13.2 Å². The molecule has 0 aromatic heterocycles. The number of carbonyl (C=O) groups excluding carboxylic acids is 1. The number of anilines is 1. The zero-order valence-electron chi connectivity index (χ0n) is 11.2. The summed E-state index contributed by atoms with van der Waals surface area (Å²) in [5.41, 5.74) is 6.84. The Balaban J connectivity index is 2.57. The summed E-state index contributed by atoms with van der Waals surface area (Å²) in [4.78, 5) is 12.7. The highest BCUT2D eigenvalue weighted by molar-refractivity contribution is 5.92. The van der Waals surface area contributed by atoms with Gasteiger partial charge < -0.3 is 11.1 Å². The molecule has 0 aliphatic rings. The molecular formula is C13H18F3N3O. The molecule has 7 heteroatoms. The van der Waals surface area contributed by atoms with Crippen molar-refractivity contribution in [3.8, 4) is 0 Å². The fourth-order valence-corrected chi connectivity index (χ4v) is 1.71. The van der Waals surface area contributed by atoms with Crippen molar-refractivity contribution in [3.63, 3.8) is 0 Å². The predicted molar refractivity (Wildman–Crippen MR) is 71.1 cm³/mol. The van der Waals surface area contributed by atoms with E-state index in [0.29, 0.717) is 12.2 Å². The molecule has 1 amide bonds. The lowest BCUT2D eigenvalue weighted by atomic mass is 10.2. The molecule has 3 N–H and O–H groups in total. The van der Waals surface area contributed by atoms with Crippen molar-refractivity contribution >= 4 is 11.6 Å². The summed E-state index contributed by atoms with van der Waals surface area (Å²) in [6, 6.07) is 6.89. The SMILES string of the molecule is CCN(CC(=O)Nc1cccc(CN)c1)CC(F)(F)F. The molecule has 1 rings (SSSR count). The van der Waals surface area contributed by atoms with E-state index in [-0.39, 0.29) is 13.1 Å². The molecule has 0 unspecified atom stereocenters. The molecule has 0 fully saturated rings. The van der Waals surface area contributed by atoms with Crippen LogP contribution in [0.5, 0.6) is 0 Å². The van der Waals surface area contributed by atoms with Crippen LogP contribution in [-0.2, 0) is 11.3 Å². The average Bonchev–Trinajstić information content (AvgIpc) is 2.36. The number of benzene rings is 1. The number of alkyl halides is 3. The van der Waals surface area contributed by atoms with E-state index in [1.165, 1.54) is 0 Å². The minimum atomic E-state index is -4.31. The number of halogens is 3. The van der Waals surface area contributed by atoms with Gasteiger partial charge in [0.15, 0.2) is 0 Å². The summed E-state index contributed by atoms with van der Waals surface area (Å²) < 4.78 is 36.8. The van der Waals surface area contributed by atoms with Crippen LogP contribution in [0.15, 0.2) is 24.3 Å². The molecule has 0 saturated carbocycles. The number of nitrogens with zero attached hydrogens (tertiary/aromatic N) is 1. The first-order valence-electron chi connectivity index (χ1n) is 6.22. The lowest BCUT2D eigenvalue weighted by molar-refractivity contribution is -0.147. The number of nitrogens with one attached hydrogen (secondary N) is 1. The number of hydrogen-bond donors (Lipinski definition) is 2. The van der Waals surface area contributed by atoms with Gasteiger partial charge in [0.25, 0.3) is 0 Å². The van der Waals surface area contributed by atoms with Crippen LogP contribution >= 0.6 is 0 Å². The fraction of sp³-hybridized carbons (Fsp3) is 0.462. The first-order chi connectivity index (χ1) is 9.34. The van der Waals surface area contributed by atoms with Gasteiger partial charge in [0.05, 0.1) is 13.1 Å². The van der Waals surface area contributed by atoms with Gasteiger partial charge in [0.2, 0.25) is 5.91 Å². The minimum absolute atomic E-state index is 0.149. The average molecular weight is 289 g/mol. The van der Waals surface area contributed by atoms with E-state index in [1.54, 1.807) is 31.2 Å². The molecule has 0 saturated heterocycles. The Morgan fingerprint density at radius 3 is 2.65 bits per heavy atom. The van der Waals surface area contributed by atoms with Gasteiger partial charge in [0.1, 0.15) is 0 Å². The number of carbonyl (C=O) groups is 1. The lowest BCUT2D eigenvalue weighted by Gasteiger charge is -2.21. The van der Waals surface area contributed by atoms with Gasteiger partial charge in [-0.15, -0.1) is 0 Å². The predicted octanol–water partition coefficient (Wildman–Crippen LogP) is 1.97. The second-order valence-electron chi connectivity index (χ2n) is 4.37. The first kappa shape index (κ1) is 16.5. The largest absolute Gasteiger partial charge is 0.401 e. The third-order valence-electron chi connectivity index (χ3n) is 2.66. The number of nitrogens with two attached hydrogens (primary N) is 1. The maximum absolute atomic E-state index is 12.3. The van der Waals surface area contributed by atoms with Crippen molar-refractivity contribution in [2.24, 2.45) is 5.73 Å². The molecular weight excluding hydrogens is 271 g/mol. The smallest absolute Gasteiger partial charge is 0.326 e. The van der Waals surface area contributed by atoms with E-state index in [9.17, 15) is 18.0 Å². The van der Waals surface area contributed by atoms with Gasteiger partial charge in [-0.1, -0.05) is 19.1 Å². The maximum atomic E-state index is 12.3. The van der Waals surface area contributed by atoms with E-state index < -0.39 is 18.6 Å².